The van der Waals surface area contributed by atoms with Gasteiger partial charge in [0.2, 0.25) is 5.91 Å². The van der Waals surface area contributed by atoms with Crippen molar-refractivity contribution in [1.29, 1.82) is 0 Å². The average Bonchev–Trinajstić information content (AvgIpc) is 2.91. The largest absolute Gasteiger partial charge is 0.356 e. The summed E-state index contributed by atoms with van der Waals surface area (Å²) in [6.45, 7) is 12.6. The van der Waals surface area contributed by atoms with Crippen molar-refractivity contribution in [3.05, 3.63) is 27.2 Å². The molecule has 2 N–H and O–H groups in total. The first kappa shape index (κ1) is 21.6. The van der Waals surface area contributed by atoms with Crippen molar-refractivity contribution in [2.24, 2.45) is 18.9 Å². The van der Waals surface area contributed by atoms with Crippen LogP contribution in [-0.2, 0) is 18.3 Å². The molecular formula is C22H35N5O2. The van der Waals surface area contributed by atoms with Crippen LogP contribution in [0.5, 0.6) is 0 Å². The summed E-state index contributed by atoms with van der Waals surface area (Å²) in [6.07, 6.45) is 3.05. The van der Waals surface area contributed by atoms with Crippen LogP contribution in [0.3, 0.4) is 0 Å². The molecule has 0 aliphatic carbocycles. The molecule has 0 radical (unpaired) electrons. The molecular weight excluding hydrogens is 366 g/mol. The van der Waals surface area contributed by atoms with Gasteiger partial charge in [0.1, 0.15) is 5.65 Å². The van der Waals surface area contributed by atoms with Gasteiger partial charge in [-0.25, -0.2) is 0 Å². The molecule has 0 bridgehead atoms. The van der Waals surface area contributed by atoms with Gasteiger partial charge in [0, 0.05) is 44.1 Å². The Hall–Kier alpha value is -2.15. The average molecular weight is 402 g/mol. The van der Waals surface area contributed by atoms with Crippen LogP contribution in [0.25, 0.3) is 11.0 Å². The summed E-state index contributed by atoms with van der Waals surface area (Å²) in [7, 11) is 1.82. The Balaban J connectivity index is 1.48. The minimum Gasteiger partial charge on any atom is -0.356 e. The zero-order chi connectivity index (χ0) is 21.1. The van der Waals surface area contributed by atoms with Gasteiger partial charge in [-0.3, -0.25) is 14.3 Å². The fourth-order valence-corrected chi connectivity index (χ4v) is 4.89. The quantitative estimate of drug-likeness (QED) is 0.698. The molecule has 1 fully saturated rings. The predicted molar refractivity (Wildman–Crippen MR) is 116 cm³/mol. The van der Waals surface area contributed by atoms with E-state index in [0.29, 0.717) is 24.9 Å². The molecule has 3 rings (SSSR count). The van der Waals surface area contributed by atoms with E-state index >= 15 is 0 Å². The maximum atomic E-state index is 12.5. The Morgan fingerprint density at radius 1 is 1.24 bits per heavy atom. The monoisotopic (exact) mass is 401 g/mol. The molecule has 2 aromatic rings. The molecule has 29 heavy (non-hydrogen) atoms. The molecule has 1 saturated heterocycles. The molecule has 0 saturated carbocycles. The Labute approximate surface area is 172 Å². The SMILES string of the molecule is Cc1nn(C)c2[nH]c(=O)c(CCC(=O)NCCCN3CC(C)CC(C)C3)c(C)c12. The summed E-state index contributed by atoms with van der Waals surface area (Å²) in [5.41, 5.74) is 3.11. The molecule has 0 aromatic carbocycles. The van der Waals surface area contributed by atoms with Gasteiger partial charge in [-0.2, -0.15) is 5.10 Å². The fourth-order valence-electron chi connectivity index (χ4n) is 4.89. The minimum absolute atomic E-state index is 0.00665. The maximum absolute atomic E-state index is 12.5. The number of hydrogen-bond acceptors (Lipinski definition) is 4. The highest BCUT2D eigenvalue weighted by molar-refractivity contribution is 5.83. The molecule has 2 atom stereocenters. The zero-order valence-corrected chi connectivity index (χ0v) is 18.5. The molecule has 160 valence electrons. The van der Waals surface area contributed by atoms with Crippen LogP contribution >= 0.6 is 0 Å². The Kier molecular flexibility index (Phi) is 6.77. The Bertz CT molecular complexity index is 919. The van der Waals surface area contributed by atoms with Crippen molar-refractivity contribution in [3.8, 4) is 0 Å². The molecule has 1 aliphatic rings. The number of nitrogens with zero attached hydrogens (tertiary/aromatic N) is 3. The number of amides is 1. The van der Waals surface area contributed by atoms with Crippen molar-refractivity contribution in [3.63, 3.8) is 0 Å². The summed E-state index contributed by atoms with van der Waals surface area (Å²) in [5.74, 6) is 1.53. The van der Waals surface area contributed by atoms with E-state index in [2.05, 4.69) is 34.1 Å². The third kappa shape index (κ3) is 5.07. The van der Waals surface area contributed by atoms with Crippen LogP contribution in [-0.4, -0.2) is 51.8 Å². The predicted octanol–water partition coefficient (Wildman–Crippen LogP) is 2.30. The lowest BCUT2D eigenvalue weighted by molar-refractivity contribution is -0.121. The van der Waals surface area contributed by atoms with Crippen molar-refractivity contribution >= 4 is 16.9 Å². The minimum atomic E-state index is -0.126. The summed E-state index contributed by atoms with van der Waals surface area (Å²) in [5, 5.41) is 8.38. The van der Waals surface area contributed by atoms with Gasteiger partial charge in [-0.05, 0) is 57.1 Å². The number of carbonyl (C=O) groups excluding carboxylic acids is 1. The number of likely N-dealkylation sites (tertiary alicyclic amines) is 1. The van der Waals surface area contributed by atoms with Crippen LogP contribution < -0.4 is 10.9 Å². The number of nitrogens with one attached hydrogen (secondary N) is 2. The van der Waals surface area contributed by atoms with E-state index in [0.717, 1.165) is 60.2 Å². The van der Waals surface area contributed by atoms with Crippen LogP contribution in [0.4, 0.5) is 0 Å². The second-order valence-corrected chi connectivity index (χ2v) is 8.90. The molecule has 2 aromatic heterocycles. The lowest BCUT2D eigenvalue weighted by Crippen LogP contribution is -2.40. The van der Waals surface area contributed by atoms with Crippen molar-refractivity contribution < 1.29 is 4.79 Å². The van der Waals surface area contributed by atoms with Crippen LogP contribution in [0.1, 0.15) is 49.9 Å². The second kappa shape index (κ2) is 9.11. The number of rotatable bonds is 7. The second-order valence-electron chi connectivity index (χ2n) is 8.90. The van der Waals surface area contributed by atoms with Gasteiger partial charge in [-0.15, -0.1) is 0 Å². The smallest absolute Gasteiger partial charge is 0.253 e. The summed E-state index contributed by atoms with van der Waals surface area (Å²) in [4.78, 5) is 30.2. The van der Waals surface area contributed by atoms with E-state index in [9.17, 15) is 9.59 Å². The lowest BCUT2D eigenvalue weighted by atomic mass is 9.92. The van der Waals surface area contributed by atoms with Gasteiger partial charge in [-0.1, -0.05) is 13.8 Å². The summed E-state index contributed by atoms with van der Waals surface area (Å²) in [6, 6.07) is 0. The van der Waals surface area contributed by atoms with Crippen LogP contribution in [0, 0.1) is 25.7 Å². The van der Waals surface area contributed by atoms with E-state index < -0.39 is 0 Å². The van der Waals surface area contributed by atoms with Crippen molar-refractivity contribution in [2.45, 2.75) is 53.4 Å². The van der Waals surface area contributed by atoms with Gasteiger partial charge >= 0.3 is 0 Å². The molecule has 1 aliphatic heterocycles. The number of fused-ring (bicyclic) bond motifs is 1. The van der Waals surface area contributed by atoms with E-state index in [1.54, 1.807) is 4.68 Å². The normalized spacial score (nSPS) is 20.3. The maximum Gasteiger partial charge on any atom is 0.253 e. The first-order valence-electron chi connectivity index (χ1n) is 10.8. The van der Waals surface area contributed by atoms with Gasteiger partial charge < -0.3 is 15.2 Å². The number of carbonyl (C=O) groups is 1. The number of hydrogen-bond donors (Lipinski definition) is 2. The molecule has 0 spiro atoms. The zero-order valence-electron chi connectivity index (χ0n) is 18.5. The van der Waals surface area contributed by atoms with Crippen molar-refractivity contribution in [1.82, 2.24) is 25.0 Å². The highest BCUT2D eigenvalue weighted by Gasteiger charge is 2.21. The number of aryl methyl sites for hydroxylation is 3. The van der Waals surface area contributed by atoms with E-state index in [-0.39, 0.29) is 11.5 Å². The van der Waals surface area contributed by atoms with Gasteiger partial charge in [0.05, 0.1) is 5.69 Å². The number of aromatic amines is 1. The number of H-pyrrole nitrogens is 1. The number of piperidine rings is 1. The number of pyridine rings is 1. The van der Waals surface area contributed by atoms with E-state index in [1.165, 1.54) is 6.42 Å². The fraction of sp³-hybridized carbons (Fsp3) is 0.682. The lowest BCUT2D eigenvalue weighted by Gasteiger charge is -2.34. The first-order valence-corrected chi connectivity index (χ1v) is 10.8. The third-order valence-corrected chi connectivity index (χ3v) is 6.08. The molecule has 1 amide bonds. The Morgan fingerprint density at radius 3 is 2.62 bits per heavy atom. The summed E-state index contributed by atoms with van der Waals surface area (Å²) >= 11 is 0. The topological polar surface area (TPSA) is 83.0 Å². The standard InChI is InChI=1S/C22H35N5O2/c1-14-11-15(2)13-27(12-14)10-6-9-23-19(28)8-7-18-16(3)20-17(4)25-26(5)21(20)24-22(18)29/h14-15H,6-13H2,1-5H3,(H,23,28)(H,24,29). The number of aromatic nitrogens is 3. The third-order valence-electron chi connectivity index (χ3n) is 6.08. The highest BCUT2D eigenvalue weighted by Crippen LogP contribution is 2.22. The molecule has 7 nitrogen and oxygen atoms in total. The van der Waals surface area contributed by atoms with E-state index in [4.69, 9.17) is 0 Å². The van der Waals surface area contributed by atoms with Gasteiger partial charge in [0.15, 0.2) is 0 Å². The molecule has 7 heteroatoms. The first-order chi connectivity index (χ1) is 13.8. The molecule has 2 unspecified atom stereocenters. The molecule has 3 heterocycles. The van der Waals surface area contributed by atoms with Crippen LogP contribution in [0.15, 0.2) is 4.79 Å². The van der Waals surface area contributed by atoms with Gasteiger partial charge in [0.25, 0.3) is 5.56 Å². The van der Waals surface area contributed by atoms with Crippen LogP contribution in [0.2, 0.25) is 0 Å². The summed E-state index contributed by atoms with van der Waals surface area (Å²) < 4.78 is 1.69. The highest BCUT2D eigenvalue weighted by atomic mass is 16.1. The Morgan fingerprint density at radius 2 is 1.93 bits per heavy atom. The van der Waals surface area contributed by atoms with E-state index in [1.807, 2.05) is 20.9 Å². The van der Waals surface area contributed by atoms with Crippen molar-refractivity contribution in [2.75, 3.05) is 26.2 Å².